The Morgan fingerprint density at radius 1 is 1.31 bits per heavy atom. The molecule has 0 unspecified atom stereocenters. The van der Waals surface area contributed by atoms with Crippen LogP contribution in [0.15, 0.2) is 12.1 Å². The van der Waals surface area contributed by atoms with Gasteiger partial charge in [-0.15, -0.1) is 12.4 Å². The van der Waals surface area contributed by atoms with E-state index in [2.05, 4.69) is 5.32 Å². The molecular formula is C15H22ClF2N3O5. The topological polar surface area (TPSA) is 97.1 Å². The minimum atomic E-state index is -3.57. The summed E-state index contributed by atoms with van der Waals surface area (Å²) in [5.41, 5.74) is -0.724. The smallest absolute Gasteiger partial charge is 0.290 e. The zero-order valence-corrected chi connectivity index (χ0v) is 15.2. The Morgan fingerprint density at radius 2 is 1.85 bits per heavy atom. The SMILES string of the molecule is COc1cc([C@H](N2CCNCC2)C(F)(F)CO)c([N+](=O)[O-])cc1OC.Cl. The molecule has 0 bridgehead atoms. The second kappa shape index (κ2) is 9.26. The lowest BCUT2D eigenvalue weighted by atomic mass is 9.96. The van der Waals surface area contributed by atoms with Crippen molar-refractivity contribution in [2.45, 2.75) is 12.0 Å². The molecule has 0 aliphatic carbocycles. The van der Waals surface area contributed by atoms with Gasteiger partial charge in [-0.2, -0.15) is 0 Å². The highest BCUT2D eigenvalue weighted by Gasteiger charge is 2.47. The number of nitro groups is 1. The van der Waals surface area contributed by atoms with Crippen LogP contribution in [0, 0.1) is 10.1 Å². The van der Waals surface area contributed by atoms with E-state index in [1.54, 1.807) is 0 Å². The number of piperazine rings is 1. The van der Waals surface area contributed by atoms with Gasteiger partial charge >= 0.3 is 0 Å². The summed E-state index contributed by atoms with van der Waals surface area (Å²) >= 11 is 0. The number of methoxy groups -OCH3 is 2. The van der Waals surface area contributed by atoms with Crippen molar-refractivity contribution in [2.75, 3.05) is 47.0 Å². The monoisotopic (exact) mass is 397 g/mol. The number of halogens is 3. The minimum Gasteiger partial charge on any atom is -0.493 e. The second-order valence-corrected chi connectivity index (χ2v) is 5.63. The normalized spacial score (nSPS) is 16.5. The molecule has 1 atom stereocenters. The van der Waals surface area contributed by atoms with Crippen LogP contribution in [0.4, 0.5) is 14.5 Å². The van der Waals surface area contributed by atoms with Crippen molar-refractivity contribution in [3.8, 4) is 11.5 Å². The van der Waals surface area contributed by atoms with Crippen molar-refractivity contribution in [2.24, 2.45) is 0 Å². The Labute approximate surface area is 155 Å². The highest BCUT2D eigenvalue weighted by molar-refractivity contribution is 5.85. The van der Waals surface area contributed by atoms with Gasteiger partial charge in [-0.3, -0.25) is 15.0 Å². The predicted molar refractivity (Wildman–Crippen MR) is 92.7 cm³/mol. The van der Waals surface area contributed by atoms with E-state index in [-0.39, 0.29) is 42.6 Å². The maximum atomic E-state index is 14.5. The molecule has 2 N–H and O–H groups in total. The van der Waals surface area contributed by atoms with Crippen molar-refractivity contribution in [3.63, 3.8) is 0 Å². The van der Waals surface area contributed by atoms with Gasteiger partial charge in [0.25, 0.3) is 11.6 Å². The molecule has 0 saturated carbocycles. The van der Waals surface area contributed by atoms with E-state index in [4.69, 9.17) is 9.47 Å². The third kappa shape index (κ3) is 4.50. The molecule has 148 valence electrons. The van der Waals surface area contributed by atoms with Gasteiger partial charge in [-0.25, -0.2) is 8.78 Å². The molecule has 0 aromatic heterocycles. The average Bonchev–Trinajstić information content (AvgIpc) is 2.61. The van der Waals surface area contributed by atoms with Gasteiger partial charge in [0, 0.05) is 26.2 Å². The van der Waals surface area contributed by atoms with Crippen molar-refractivity contribution in [1.82, 2.24) is 10.2 Å². The molecule has 2 rings (SSSR count). The van der Waals surface area contributed by atoms with Gasteiger partial charge in [0.15, 0.2) is 11.5 Å². The molecule has 0 radical (unpaired) electrons. The van der Waals surface area contributed by atoms with Crippen LogP contribution in [0.2, 0.25) is 0 Å². The minimum absolute atomic E-state index is 0. The Morgan fingerprint density at radius 3 is 2.31 bits per heavy atom. The van der Waals surface area contributed by atoms with E-state index < -0.39 is 29.2 Å². The number of nitrogens with zero attached hydrogens (tertiary/aromatic N) is 2. The average molecular weight is 398 g/mol. The molecule has 8 nitrogen and oxygen atoms in total. The highest BCUT2D eigenvalue weighted by atomic mass is 35.5. The first-order valence-corrected chi connectivity index (χ1v) is 7.69. The Bertz CT molecular complexity index is 630. The molecule has 1 aromatic rings. The lowest BCUT2D eigenvalue weighted by molar-refractivity contribution is -0.386. The van der Waals surface area contributed by atoms with Crippen molar-refractivity contribution in [1.29, 1.82) is 0 Å². The number of alkyl halides is 2. The summed E-state index contributed by atoms with van der Waals surface area (Å²) in [4.78, 5) is 12.2. The summed E-state index contributed by atoms with van der Waals surface area (Å²) in [5, 5.41) is 23.7. The fourth-order valence-corrected chi connectivity index (χ4v) is 2.98. The Kier molecular flexibility index (Phi) is 7.94. The van der Waals surface area contributed by atoms with E-state index in [0.717, 1.165) is 6.07 Å². The molecule has 11 heteroatoms. The maximum Gasteiger partial charge on any atom is 0.290 e. The molecular weight excluding hydrogens is 376 g/mol. The molecule has 1 saturated heterocycles. The van der Waals surface area contributed by atoms with Gasteiger partial charge in [-0.05, 0) is 6.07 Å². The van der Waals surface area contributed by atoms with Gasteiger partial charge in [0.2, 0.25) is 0 Å². The fraction of sp³-hybridized carbons (Fsp3) is 0.600. The molecule has 1 aliphatic heterocycles. The molecule has 0 amide bonds. The van der Waals surface area contributed by atoms with Crippen molar-refractivity contribution < 1.29 is 28.3 Å². The van der Waals surface area contributed by atoms with E-state index >= 15 is 0 Å². The number of nitrogens with one attached hydrogen (secondary N) is 1. The highest BCUT2D eigenvalue weighted by Crippen LogP contribution is 2.44. The van der Waals surface area contributed by atoms with Crippen LogP contribution >= 0.6 is 12.4 Å². The van der Waals surface area contributed by atoms with Gasteiger partial charge in [-0.1, -0.05) is 0 Å². The second-order valence-electron chi connectivity index (χ2n) is 5.63. The lowest BCUT2D eigenvalue weighted by Crippen LogP contribution is -2.51. The van der Waals surface area contributed by atoms with Crippen LogP contribution in [0.3, 0.4) is 0 Å². The van der Waals surface area contributed by atoms with Crippen molar-refractivity contribution >= 4 is 18.1 Å². The molecule has 1 aliphatic rings. The van der Waals surface area contributed by atoms with Crippen LogP contribution in [0.5, 0.6) is 11.5 Å². The largest absolute Gasteiger partial charge is 0.493 e. The summed E-state index contributed by atoms with van der Waals surface area (Å²) in [5.74, 6) is -3.39. The summed E-state index contributed by atoms with van der Waals surface area (Å²) in [6.45, 7) is 0.0583. The predicted octanol–water partition coefficient (Wildman–Crippen LogP) is 1.61. The first kappa shape index (κ1) is 22.3. The summed E-state index contributed by atoms with van der Waals surface area (Å²) < 4.78 is 39.2. The van der Waals surface area contributed by atoms with Crippen LogP contribution in [0.25, 0.3) is 0 Å². The van der Waals surface area contributed by atoms with E-state index in [1.807, 2.05) is 0 Å². The number of rotatable bonds is 7. The standard InChI is InChI=1S/C15H21F2N3O5.ClH/c1-24-12-7-10(11(20(22)23)8-13(12)25-2)14(15(16,17)9-21)19-5-3-18-4-6-19;/h7-8,14,18,21H,3-6,9H2,1-2H3;1H/t14-;/m0./s1. The van der Waals surface area contributed by atoms with Gasteiger partial charge in [0.1, 0.15) is 12.6 Å². The van der Waals surface area contributed by atoms with Gasteiger partial charge < -0.3 is 19.9 Å². The molecule has 26 heavy (non-hydrogen) atoms. The number of benzene rings is 1. The summed E-state index contributed by atoms with van der Waals surface area (Å²) in [6, 6.07) is 0.601. The zero-order valence-electron chi connectivity index (χ0n) is 14.4. The zero-order chi connectivity index (χ0) is 18.6. The third-order valence-corrected chi connectivity index (χ3v) is 4.15. The molecule has 0 spiro atoms. The number of aliphatic hydroxyl groups excluding tert-OH is 1. The van der Waals surface area contributed by atoms with Crippen molar-refractivity contribution in [3.05, 3.63) is 27.8 Å². The van der Waals surface area contributed by atoms with E-state index in [9.17, 15) is 24.0 Å². The van der Waals surface area contributed by atoms with E-state index in [1.165, 1.54) is 25.2 Å². The fourth-order valence-electron chi connectivity index (χ4n) is 2.98. The van der Waals surface area contributed by atoms with Gasteiger partial charge in [0.05, 0.1) is 30.8 Å². The first-order valence-electron chi connectivity index (χ1n) is 7.69. The Balaban J connectivity index is 0.00000338. The van der Waals surface area contributed by atoms with Crippen LogP contribution in [-0.4, -0.2) is 67.9 Å². The molecule has 1 heterocycles. The van der Waals surface area contributed by atoms with Crippen LogP contribution in [0.1, 0.15) is 11.6 Å². The molecule has 1 aromatic carbocycles. The number of hydrogen-bond donors (Lipinski definition) is 2. The molecule has 1 fully saturated rings. The summed E-state index contributed by atoms with van der Waals surface area (Å²) in [7, 11) is 2.62. The number of hydrogen-bond acceptors (Lipinski definition) is 7. The van der Waals surface area contributed by atoms with Crippen LogP contribution < -0.4 is 14.8 Å². The number of aliphatic hydroxyl groups is 1. The number of ether oxygens (including phenoxy) is 2. The number of nitro benzene ring substituents is 1. The van der Waals surface area contributed by atoms with E-state index in [0.29, 0.717) is 13.1 Å². The summed E-state index contributed by atoms with van der Waals surface area (Å²) in [6.07, 6.45) is 0. The Hall–Kier alpha value is -1.75. The maximum absolute atomic E-state index is 14.5. The lowest BCUT2D eigenvalue weighted by Gasteiger charge is -2.38. The quantitative estimate of drug-likeness (QED) is 0.533. The third-order valence-electron chi connectivity index (χ3n) is 4.15. The first-order chi connectivity index (χ1) is 11.9. The van der Waals surface area contributed by atoms with Crippen LogP contribution in [-0.2, 0) is 0 Å².